The molecular weight excluding hydrogens is 308 g/mol. The fourth-order valence-corrected chi connectivity index (χ4v) is 1.74. The molecule has 0 atom stereocenters. The van der Waals surface area contributed by atoms with Crippen LogP contribution in [0.1, 0.15) is 11.4 Å². The summed E-state index contributed by atoms with van der Waals surface area (Å²) < 4.78 is 1.01. The van der Waals surface area contributed by atoms with Crippen molar-refractivity contribution in [1.29, 1.82) is 0 Å². The molecular formula is C13H13BrN4O. The van der Waals surface area contributed by atoms with Gasteiger partial charge in [-0.25, -0.2) is 4.98 Å². The van der Waals surface area contributed by atoms with Crippen molar-refractivity contribution >= 4 is 27.9 Å². The highest BCUT2D eigenvalue weighted by molar-refractivity contribution is 9.10. The number of aromatic amines is 1. The number of rotatable bonds is 4. The van der Waals surface area contributed by atoms with Gasteiger partial charge in [-0.05, 0) is 23.8 Å². The Morgan fingerprint density at radius 3 is 2.79 bits per heavy atom. The number of amides is 1. The maximum absolute atomic E-state index is 11.9. The Labute approximate surface area is 119 Å². The molecule has 1 N–H and O–H groups in total. The van der Waals surface area contributed by atoms with Gasteiger partial charge in [0.15, 0.2) is 0 Å². The van der Waals surface area contributed by atoms with E-state index >= 15 is 0 Å². The lowest BCUT2D eigenvalue weighted by atomic mass is 10.2. The van der Waals surface area contributed by atoms with E-state index in [-0.39, 0.29) is 5.91 Å². The van der Waals surface area contributed by atoms with Crippen LogP contribution in [0.15, 0.2) is 41.1 Å². The number of likely N-dealkylation sites (N-methyl/N-ethyl adjacent to an activating group) is 1. The Morgan fingerprint density at radius 1 is 1.42 bits per heavy atom. The molecule has 1 amide bonds. The number of benzene rings is 1. The van der Waals surface area contributed by atoms with E-state index in [2.05, 4.69) is 31.1 Å². The second-order valence-corrected chi connectivity index (χ2v) is 4.93. The molecule has 0 aliphatic rings. The topological polar surface area (TPSA) is 61.9 Å². The molecule has 1 aromatic heterocycles. The Hall–Kier alpha value is -1.95. The third-order valence-electron chi connectivity index (χ3n) is 2.52. The molecule has 0 radical (unpaired) electrons. The SMILES string of the molecule is CN(Cc1ncn[nH]1)C(=O)C=Cc1ccc(Br)cc1. The number of carbonyl (C=O) groups excluding carboxylic acids is 1. The molecule has 0 spiro atoms. The number of halogens is 1. The van der Waals surface area contributed by atoms with Crippen LogP contribution in [-0.4, -0.2) is 33.0 Å². The molecule has 2 rings (SSSR count). The summed E-state index contributed by atoms with van der Waals surface area (Å²) in [4.78, 5) is 17.4. The van der Waals surface area contributed by atoms with Gasteiger partial charge in [0.25, 0.3) is 0 Å². The lowest BCUT2D eigenvalue weighted by Crippen LogP contribution is -2.24. The van der Waals surface area contributed by atoms with E-state index in [1.54, 1.807) is 24.1 Å². The zero-order valence-electron chi connectivity index (χ0n) is 10.4. The van der Waals surface area contributed by atoms with E-state index in [0.717, 1.165) is 10.0 Å². The number of nitrogens with one attached hydrogen (secondary N) is 1. The van der Waals surface area contributed by atoms with Gasteiger partial charge in [0, 0.05) is 17.6 Å². The van der Waals surface area contributed by atoms with Crippen molar-refractivity contribution in [3.8, 4) is 0 Å². The van der Waals surface area contributed by atoms with Crippen LogP contribution in [0, 0.1) is 0 Å². The first-order valence-electron chi connectivity index (χ1n) is 5.68. The van der Waals surface area contributed by atoms with Gasteiger partial charge in [-0.2, -0.15) is 5.10 Å². The second-order valence-electron chi connectivity index (χ2n) is 4.01. The first-order chi connectivity index (χ1) is 9.15. The predicted molar refractivity (Wildman–Crippen MR) is 76.0 cm³/mol. The van der Waals surface area contributed by atoms with Crippen LogP contribution in [0.4, 0.5) is 0 Å². The summed E-state index contributed by atoms with van der Waals surface area (Å²) in [7, 11) is 1.72. The zero-order chi connectivity index (χ0) is 13.7. The van der Waals surface area contributed by atoms with Crippen LogP contribution in [0.3, 0.4) is 0 Å². The number of carbonyl (C=O) groups is 1. The van der Waals surface area contributed by atoms with Gasteiger partial charge in [0.2, 0.25) is 5.91 Å². The molecule has 19 heavy (non-hydrogen) atoms. The zero-order valence-corrected chi connectivity index (χ0v) is 12.0. The Balaban J connectivity index is 1.94. The molecule has 0 fully saturated rings. The molecule has 0 saturated carbocycles. The van der Waals surface area contributed by atoms with Crippen LogP contribution in [0.25, 0.3) is 6.08 Å². The smallest absolute Gasteiger partial charge is 0.246 e. The van der Waals surface area contributed by atoms with Gasteiger partial charge < -0.3 is 4.90 Å². The highest BCUT2D eigenvalue weighted by Gasteiger charge is 2.07. The van der Waals surface area contributed by atoms with Gasteiger partial charge in [-0.15, -0.1) is 0 Å². The van der Waals surface area contributed by atoms with E-state index in [1.807, 2.05) is 24.3 Å². The normalized spacial score (nSPS) is 10.8. The van der Waals surface area contributed by atoms with E-state index in [4.69, 9.17) is 0 Å². The summed E-state index contributed by atoms with van der Waals surface area (Å²) in [6.45, 7) is 0.406. The molecule has 0 aliphatic carbocycles. The molecule has 1 heterocycles. The second kappa shape index (κ2) is 6.29. The molecule has 1 aromatic carbocycles. The highest BCUT2D eigenvalue weighted by atomic mass is 79.9. The van der Waals surface area contributed by atoms with Crippen molar-refractivity contribution in [2.75, 3.05) is 7.05 Å². The van der Waals surface area contributed by atoms with E-state index < -0.39 is 0 Å². The highest BCUT2D eigenvalue weighted by Crippen LogP contribution is 2.11. The number of H-pyrrole nitrogens is 1. The molecule has 0 aliphatic heterocycles. The minimum absolute atomic E-state index is 0.0840. The van der Waals surface area contributed by atoms with Crippen molar-refractivity contribution in [1.82, 2.24) is 20.1 Å². The Bertz CT molecular complexity index is 563. The van der Waals surface area contributed by atoms with Crippen molar-refractivity contribution in [3.63, 3.8) is 0 Å². The summed E-state index contributed by atoms with van der Waals surface area (Å²) in [5, 5.41) is 6.46. The summed E-state index contributed by atoms with van der Waals surface area (Å²) >= 11 is 3.37. The quantitative estimate of drug-likeness (QED) is 0.879. The van der Waals surface area contributed by atoms with E-state index in [9.17, 15) is 4.79 Å². The molecule has 0 saturated heterocycles. The summed E-state index contributed by atoms with van der Waals surface area (Å²) in [6.07, 6.45) is 4.75. The van der Waals surface area contributed by atoms with Crippen molar-refractivity contribution < 1.29 is 4.79 Å². The van der Waals surface area contributed by atoms with Crippen LogP contribution >= 0.6 is 15.9 Å². The number of hydrogen-bond acceptors (Lipinski definition) is 3. The molecule has 6 heteroatoms. The molecule has 5 nitrogen and oxygen atoms in total. The number of hydrogen-bond donors (Lipinski definition) is 1. The Morgan fingerprint density at radius 2 is 2.16 bits per heavy atom. The van der Waals surface area contributed by atoms with Gasteiger partial charge in [-0.3, -0.25) is 9.89 Å². The predicted octanol–water partition coefficient (Wildman–Crippen LogP) is 2.24. The number of nitrogens with zero attached hydrogens (tertiary/aromatic N) is 3. The summed E-state index contributed by atoms with van der Waals surface area (Å²) in [5.74, 6) is 0.576. The molecule has 98 valence electrons. The third kappa shape index (κ3) is 4.03. The van der Waals surface area contributed by atoms with Gasteiger partial charge >= 0.3 is 0 Å². The fraction of sp³-hybridized carbons (Fsp3) is 0.154. The van der Waals surface area contributed by atoms with Gasteiger partial charge in [0.05, 0.1) is 6.54 Å². The maximum Gasteiger partial charge on any atom is 0.246 e. The largest absolute Gasteiger partial charge is 0.335 e. The van der Waals surface area contributed by atoms with Gasteiger partial charge in [0.1, 0.15) is 12.2 Å². The van der Waals surface area contributed by atoms with Crippen molar-refractivity contribution in [3.05, 3.63) is 52.5 Å². The molecule has 0 unspecified atom stereocenters. The van der Waals surface area contributed by atoms with Crippen molar-refractivity contribution in [2.24, 2.45) is 0 Å². The van der Waals surface area contributed by atoms with Crippen molar-refractivity contribution in [2.45, 2.75) is 6.54 Å². The van der Waals surface area contributed by atoms with Crippen LogP contribution in [0.5, 0.6) is 0 Å². The molecule has 0 bridgehead atoms. The monoisotopic (exact) mass is 320 g/mol. The fourth-order valence-electron chi connectivity index (χ4n) is 1.48. The van der Waals surface area contributed by atoms with Crippen LogP contribution < -0.4 is 0 Å². The van der Waals surface area contributed by atoms with E-state index in [0.29, 0.717) is 12.4 Å². The summed E-state index contributed by atoms with van der Waals surface area (Å²) in [6, 6.07) is 7.74. The minimum atomic E-state index is -0.0840. The average molecular weight is 321 g/mol. The summed E-state index contributed by atoms with van der Waals surface area (Å²) in [5.41, 5.74) is 0.976. The standard InChI is InChI=1S/C13H13BrN4O/c1-18(8-12-15-9-16-17-12)13(19)7-4-10-2-5-11(14)6-3-10/h2-7,9H,8H2,1H3,(H,15,16,17). The first-order valence-corrected chi connectivity index (χ1v) is 6.47. The lowest BCUT2D eigenvalue weighted by Gasteiger charge is -2.12. The maximum atomic E-state index is 11.9. The minimum Gasteiger partial charge on any atom is -0.335 e. The van der Waals surface area contributed by atoms with Crippen LogP contribution in [-0.2, 0) is 11.3 Å². The van der Waals surface area contributed by atoms with E-state index in [1.165, 1.54) is 6.33 Å². The number of aromatic nitrogens is 3. The average Bonchev–Trinajstić information content (AvgIpc) is 2.90. The lowest BCUT2D eigenvalue weighted by molar-refractivity contribution is -0.125. The Kier molecular flexibility index (Phi) is 4.46. The third-order valence-corrected chi connectivity index (χ3v) is 3.05. The molecule has 2 aromatic rings. The first kappa shape index (κ1) is 13.5. The van der Waals surface area contributed by atoms with Crippen LogP contribution in [0.2, 0.25) is 0 Å². The van der Waals surface area contributed by atoms with Gasteiger partial charge in [-0.1, -0.05) is 28.1 Å².